The number of likely N-dealkylation sites (tertiary alicyclic amines) is 1. The first-order chi connectivity index (χ1) is 7.75. The second kappa shape index (κ2) is 5.41. The molecule has 88 valence electrons. The Morgan fingerprint density at radius 1 is 1.62 bits per heavy atom. The van der Waals surface area contributed by atoms with Gasteiger partial charge in [0.25, 0.3) is 0 Å². The Bertz CT molecular complexity index is 313. The third-order valence-electron chi connectivity index (χ3n) is 3.22. The van der Waals surface area contributed by atoms with E-state index in [9.17, 15) is 5.11 Å². The van der Waals surface area contributed by atoms with E-state index < -0.39 is 0 Å². The Labute approximate surface area is 97.1 Å². The molecule has 1 aromatic rings. The first-order valence-electron chi connectivity index (χ1n) is 6.06. The fourth-order valence-corrected chi connectivity index (χ4v) is 2.49. The highest BCUT2D eigenvalue weighted by Crippen LogP contribution is 2.23. The lowest BCUT2D eigenvalue weighted by molar-refractivity contribution is 0.130. The van der Waals surface area contributed by atoms with Crippen LogP contribution >= 0.6 is 0 Å². The molecule has 0 spiro atoms. The van der Waals surface area contributed by atoms with Gasteiger partial charge in [-0.15, -0.1) is 0 Å². The minimum atomic E-state index is -0.195. The first kappa shape index (κ1) is 11.6. The standard InChI is InChI=1S/C13H20N2O/c1-11(16)8-13-5-3-7-15(13)10-12-4-2-6-14-9-12/h2,4,6,9,11,13,16H,3,5,7-8,10H2,1H3. The van der Waals surface area contributed by atoms with Gasteiger partial charge in [-0.25, -0.2) is 0 Å². The Hall–Kier alpha value is -0.930. The number of hydrogen-bond donors (Lipinski definition) is 1. The van der Waals surface area contributed by atoms with E-state index in [0.29, 0.717) is 6.04 Å². The Morgan fingerprint density at radius 3 is 3.19 bits per heavy atom. The van der Waals surface area contributed by atoms with Crippen LogP contribution in [0.4, 0.5) is 0 Å². The molecule has 0 aromatic carbocycles. The van der Waals surface area contributed by atoms with Gasteiger partial charge in [-0.1, -0.05) is 6.07 Å². The van der Waals surface area contributed by atoms with Crippen molar-refractivity contribution in [1.29, 1.82) is 0 Å². The summed E-state index contributed by atoms with van der Waals surface area (Å²) in [6.45, 7) is 3.98. The summed E-state index contributed by atoms with van der Waals surface area (Å²) in [5.41, 5.74) is 1.26. The zero-order chi connectivity index (χ0) is 11.4. The van der Waals surface area contributed by atoms with E-state index in [0.717, 1.165) is 19.5 Å². The van der Waals surface area contributed by atoms with E-state index in [1.807, 2.05) is 19.2 Å². The van der Waals surface area contributed by atoms with E-state index in [1.165, 1.54) is 18.4 Å². The maximum Gasteiger partial charge on any atom is 0.0527 e. The summed E-state index contributed by atoms with van der Waals surface area (Å²) in [6, 6.07) is 4.64. The molecule has 1 N–H and O–H groups in total. The summed E-state index contributed by atoms with van der Waals surface area (Å²) >= 11 is 0. The Balaban J connectivity index is 1.93. The van der Waals surface area contributed by atoms with Crippen LogP contribution in [0.5, 0.6) is 0 Å². The van der Waals surface area contributed by atoms with Gasteiger partial charge in [0.1, 0.15) is 0 Å². The molecule has 3 nitrogen and oxygen atoms in total. The molecule has 1 aromatic heterocycles. The molecule has 0 aliphatic carbocycles. The third-order valence-corrected chi connectivity index (χ3v) is 3.22. The van der Waals surface area contributed by atoms with Gasteiger partial charge in [0.05, 0.1) is 6.10 Å². The summed E-state index contributed by atoms with van der Waals surface area (Å²) in [6.07, 6.45) is 6.89. The number of rotatable bonds is 4. The highest BCUT2D eigenvalue weighted by Gasteiger charge is 2.25. The number of nitrogens with zero attached hydrogens (tertiary/aromatic N) is 2. The SMILES string of the molecule is CC(O)CC1CCCN1Cc1cccnc1. The Kier molecular flexibility index (Phi) is 3.91. The van der Waals surface area contributed by atoms with Crippen molar-refractivity contribution in [3.63, 3.8) is 0 Å². The van der Waals surface area contributed by atoms with Crippen LogP contribution in [0.2, 0.25) is 0 Å². The van der Waals surface area contributed by atoms with E-state index >= 15 is 0 Å². The van der Waals surface area contributed by atoms with Crippen LogP contribution < -0.4 is 0 Å². The smallest absolute Gasteiger partial charge is 0.0527 e. The normalized spacial score (nSPS) is 23.5. The van der Waals surface area contributed by atoms with Crippen molar-refractivity contribution >= 4 is 0 Å². The minimum Gasteiger partial charge on any atom is -0.393 e. The molecule has 1 fully saturated rings. The lowest BCUT2D eigenvalue weighted by atomic mass is 10.1. The predicted octanol–water partition coefficient (Wildman–Crippen LogP) is 1.82. The monoisotopic (exact) mass is 220 g/mol. The molecule has 0 saturated carbocycles. The fourth-order valence-electron chi connectivity index (χ4n) is 2.49. The molecular weight excluding hydrogens is 200 g/mol. The maximum absolute atomic E-state index is 9.46. The van der Waals surface area contributed by atoms with E-state index in [2.05, 4.69) is 16.0 Å². The second-order valence-corrected chi connectivity index (χ2v) is 4.71. The number of hydrogen-bond acceptors (Lipinski definition) is 3. The number of pyridine rings is 1. The quantitative estimate of drug-likeness (QED) is 0.840. The number of aromatic nitrogens is 1. The van der Waals surface area contributed by atoms with Crippen LogP contribution in [0.25, 0.3) is 0 Å². The van der Waals surface area contributed by atoms with Crippen LogP contribution in [0, 0.1) is 0 Å². The summed E-state index contributed by atoms with van der Waals surface area (Å²) < 4.78 is 0. The lowest BCUT2D eigenvalue weighted by Crippen LogP contribution is -2.31. The molecule has 3 heteroatoms. The van der Waals surface area contributed by atoms with Crippen LogP contribution in [0.15, 0.2) is 24.5 Å². The van der Waals surface area contributed by atoms with Crippen LogP contribution in [0.1, 0.15) is 31.7 Å². The summed E-state index contributed by atoms with van der Waals surface area (Å²) in [4.78, 5) is 6.60. The van der Waals surface area contributed by atoms with E-state index in [4.69, 9.17) is 0 Å². The Morgan fingerprint density at radius 2 is 2.50 bits per heavy atom. The summed E-state index contributed by atoms with van der Waals surface area (Å²) in [5, 5.41) is 9.46. The molecule has 1 aliphatic heterocycles. The highest BCUT2D eigenvalue weighted by molar-refractivity contribution is 5.08. The van der Waals surface area contributed by atoms with Gasteiger partial charge in [0.2, 0.25) is 0 Å². The fraction of sp³-hybridized carbons (Fsp3) is 0.615. The lowest BCUT2D eigenvalue weighted by Gasteiger charge is -2.25. The summed E-state index contributed by atoms with van der Waals surface area (Å²) in [7, 11) is 0. The molecule has 0 amide bonds. The van der Waals surface area contributed by atoms with Gasteiger partial charge in [-0.05, 0) is 44.4 Å². The number of aliphatic hydroxyl groups excluding tert-OH is 1. The molecular formula is C13H20N2O. The molecule has 0 bridgehead atoms. The van der Waals surface area contributed by atoms with Crippen molar-refractivity contribution in [3.05, 3.63) is 30.1 Å². The molecule has 2 heterocycles. The first-order valence-corrected chi connectivity index (χ1v) is 6.06. The van der Waals surface area contributed by atoms with E-state index in [-0.39, 0.29) is 6.10 Å². The van der Waals surface area contributed by atoms with Gasteiger partial charge in [-0.2, -0.15) is 0 Å². The zero-order valence-electron chi connectivity index (χ0n) is 9.84. The third kappa shape index (κ3) is 3.03. The molecule has 2 unspecified atom stereocenters. The van der Waals surface area contributed by atoms with Crippen molar-refractivity contribution in [3.8, 4) is 0 Å². The molecule has 0 radical (unpaired) electrons. The van der Waals surface area contributed by atoms with Gasteiger partial charge in [0, 0.05) is 25.0 Å². The van der Waals surface area contributed by atoms with Crippen molar-refractivity contribution in [1.82, 2.24) is 9.88 Å². The molecule has 2 rings (SSSR count). The highest BCUT2D eigenvalue weighted by atomic mass is 16.3. The topological polar surface area (TPSA) is 36.4 Å². The van der Waals surface area contributed by atoms with Gasteiger partial charge in [0.15, 0.2) is 0 Å². The van der Waals surface area contributed by atoms with Crippen LogP contribution in [-0.2, 0) is 6.54 Å². The zero-order valence-corrected chi connectivity index (χ0v) is 9.84. The molecule has 2 atom stereocenters. The number of aliphatic hydroxyl groups is 1. The van der Waals surface area contributed by atoms with Crippen molar-refractivity contribution in [2.24, 2.45) is 0 Å². The average Bonchev–Trinajstić information content (AvgIpc) is 2.66. The molecule has 16 heavy (non-hydrogen) atoms. The second-order valence-electron chi connectivity index (χ2n) is 4.71. The van der Waals surface area contributed by atoms with Crippen LogP contribution in [-0.4, -0.2) is 33.7 Å². The molecule has 1 aliphatic rings. The largest absolute Gasteiger partial charge is 0.393 e. The van der Waals surface area contributed by atoms with Crippen molar-refractivity contribution in [2.45, 2.75) is 44.9 Å². The van der Waals surface area contributed by atoms with Crippen LogP contribution in [0.3, 0.4) is 0 Å². The van der Waals surface area contributed by atoms with Crippen molar-refractivity contribution in [2.75, 3.05) is 6.54 Å². The van der Waals surface area contributed by atoms with Gasteiger partial charge >= 0.3 is 0 Å². The summed E-state index contributed by atoms with van der Waals surface area (Å²) in [5.74, 6) is 0. The minimum absolute atomic E-state index is 0.195. The van der Waals surface area contributed by atoms with Gasteiger partial charge < -0.3 is 5.11 Å². The average molecular weight is 220 g/mol. The van der Waals surface area contributed by atoms with Gasteiger partial charge in [-0.3, -0.25) is 9.88 Å². The maximum atomic E-state index is 9.46. The van der Waals surface area contributed by atoms with E-state index in [1.54, 1.807) is 6.20 Å². The van der Waals surface area contributed by atoms with Crippen molar-refractivity contribution < 1.29 is 5.11 Å². The predicted molar refractivity (Wildman–Crippen MR) is 64.0 cm³/mol. The molecule has 1 saturated heterocycles.